The first kappa shape index (κ1) is 28.5. The predicted octanol–water partition coefficient (Wildman–Crippen LogP) is 12.1. The fraction of sp³-hybridized carbons (Fsp3) is 0. The summed E-state index contributed by atoms with van der Waals surface area (Å²) >= 11 is 3.67. The molecule has 51 heavy (non-hydrogen) atoms. The largest absolute Gasteiger partial charge is 0.308 e. The summed E-state index contributed by atoms with van der Waals surface area (Å²) in [6.45, 7) is 0. The van der Waals surface area contributed by atoms with Crippen molar-refractivity contribution < 1.29 is 0 Å². The number of nitrogens with zero attached hydrogens (tertiary/aromatic N) is 5. The molecule has 0 spiro atoms. The summed E-state index contributed by atoms with van der Waals surface area (Å²) in [5.74, 6) is 1.93. The molecule has 0 N–H and O–H groups in total. The van der Waals surface area contributed by atoms with E-state index in [-0.39, 0.29) is 0 Å². The van der Waals surface area contributed by atoms with E-state index in [1.54, 1.807) is 11.3 Å². The fourth-order valence-electron chi connectivity index (χ4n) is 7.49. The second-order valence-electron chi connectivity index (χ2n) is 12.6. The van der Waals surface area contributed by atoms with Crippen molar-refractivity contribution in [2.24, 2.45) is 0 Å². The average molecular weight is 688 g/mol. The number of hydrogen-bond acceptors (Lipinski definition) is 6. The van der Waals surface area contributed by atoms with Crippen LogP contribution in [-0.2, 0) is 0 Å². The third-order valence-corrected chi connectivity index (χ3v) is 12.0. The van der Waals surface area contributed by atoms with E-state index in [0.29, 0.717) is 17.5 Å². The summed E-state index contributed by atoms with van der Waals surface area (Å²) in [6.07, 6.45) is 1.90. The molecular formula is C44H25N5S2. The zero-order chi connectivity index (χ0) is 33.5. The molecule has 0 bridgehead atoms. The van der Waals surface area contributed by atoms with Crippen molar-refractivity contribution in [2.45, 2.75) is 0 Å². The molecule has 11 rings (SSSR count). The zero-order valence-corrected chi connectivity index (χ0v) is 28.6. The Morgan fingerprint density at radius 3 is 1.82 bits per heavy atom. The van der Waals surface area contributed by atoms with E-state index in [0.717, 1.165) is 32.7 Å². The number of hydrogen-bond donors (Lipinski definition) is 0. The lowest BCUT2D eigenvalue weighted by Gasteiger charge is -2.12. The average Bonchev–Trinajstić information content (AvgIpc) is 3.88. The number of rotatable bonds is 4. The molecule has 6 aromatic carbocycles. The van der Waals surface area contributed by atoms with Crippen molar-refractivity contribution in [3.05, 3.63) is 152 Å². The number of aromatic nitrogens is 5. The summed E-state index contributed by atoms with van der Waals surface area (Å²) < 4.78 is 6.29. The Hall–Kier alpha value is -6.28. The molecule has 0 atom stereocenters. The molecule has 0 amide bonds. The lowest BCUT2D eigenvalue weighted by atomic mass is 10.0. The van der Waals surface area contributed by atoms with Crippen LogP contribution in [0.3, 0.4) is 0 Å². The molecule has 0 aliphatic carbocycles. The van der Waals surface area contributed by atoms with Crippen molar-refractivity contribution in [1.29, 1.82) is 0 Å². The van der Waals surface area contributed by atoms with Crippen LogP contribution in [0.4, 0.5) is 0 Å². The van der Waals surface area contributed by atoms with Crippen LogP contribution in [0.2, 0.25) is 0 Å². The minimum Gasteiger partial charge on any atom is -0.308 e. The van der Waals surface area contributed by atoms with Gasteiger partial charge >= 0.3 is 0 Å². The number of benzene rings is 6. The van der Waals surface area contributed by atoms with Gasteiger partial charge in [0.15, 0.2) is 17.5 Å². The SMILES string of the molecule is c1ccc(-c2nc(-c3ccccc3)nc(-c3cccc(-n4c5ccccc5c5c6sc7ccccc7c6c6c7cccnc7sc6c54)c3)n2)cc1. The van der Waals surface area contributed by atoms with E-state index in [1.165, 1.54) is 51.9 Å². The van der Waals surface area contributed by atoms with Gasteiger partial charge in [-0.1, -0.05) is 109 Å². The van der Waals surface area contributed by atoms with Crippen LogP contribution in [0, 0.1) is 0 Å². The second kappa shape index (κ2) is 11.1. The lowest BCUT2D eigenvalue weighted by Crippen LogP contribution is -2.01. The fourth-order valence-corrected chi connectivity index (χ4v) is 9.95. The van der Waals surface area contributed by atoms with Crippen LogP contribution in [0.25, 0.3) is 102 Å². The highest BCUT2D eigenvalue weighted by atomic mass is 32.1. The Labute approximate surface area is 299 Å². The third-order valence-electron chi connectivity index (χ3n) is 9.69. The molecule has 7 heteroatoms. The van der Waals surface area contributed by atoms with Gasteiger partial charge in [-0.2, -0.15) is 0 Å². The number of thiophene rings is 2. The molecule has 0 saturated heterocycles. The molecule has 0 saturated carbocycles. The van der Waals surface area contributed by atoms with Crippen LogP contribution in [0.15, 0.2) is 152 Å². The van der Waals surface area contributed by atoms with E-state index in [9.17, 15) is 0 Å². The van der Waals surface area contributed by atoms with E-state index >= 15 is 0 Å². The monoisotopic (exact) mass is 687 g/mol. The third kappa shape index (κ3) is 4.32. The van der Waals surface area contributed by atoms with Gasteiger partial charge < -0.3 is 4.57 Å². The van der Waals surface area contributed by atoms with Crippen LogP contribution in [0.1, 0.15) is 0 Å². The Morgan fingerprint density at radius 1 is 0.451 bits per heavy atom. The van der Waals surface area contributed by atoms with E-state index in [2.05, 4.69) is 89.5 Å². The standard InChI is InChI=1S/C44H25N5S2/c1-3-13-26(14-4-1)41-46-42(27-15-5-2-6-16-27)48-43(47-41)28-17-11-18-29(25-28)49-33-22-9-7-19-30(33)37-38(49)40-36(32-21-12-24-45-44(32)51-40)35-31-20-8-10-23-34(31)50-39(35)37/h1-25H. The Balaban J connectivity index is 1.23. The van der Waals surface area contributed by atoms with Gasteiger partial charge in [0, 0.05) is 70.3 Å². The van der Waals surface area contributed by atoms with Crippen molar-refractivity contribution >= 4 is 85.0 Å². The number of para-hydroxylation sites is 1. The Morgan fingerprint density at radius 2 is 1.06 bits per heavy atom. The molecule has 0 fully saturated rings. The molecule has 5 nitrogen and oxygen atoms in total. The van der Waals surface area contributed by atoms with Gasteiger partial charge in [0.1, 0.15) is 4.83 Å². The highest BCUT2D eigenvalue weighted by Crippen LogP contribution is 2.51. The first-order valence-electron chi connectivity index (χ1n) is 16.8. The van der Waals surface area contributed by atoms with Crippen LogP contribution in [-0.4, -0.2) is 24.5 Å². The van der Waals surface area contributed by atoms with Crippen molar-refractivity contribution in [3.63, 3.8) is 0 Å². The lowest BCUT2D eigenvalue weighted by molar-refractivity contribution is 1.07. The van der Waals surface area contributed by atoms with Gasteiger partial charge in [-0.25, -0.2) is 19.9 Å². The summed E-state index contributed by atoms with van der Waals surface area (Å²) in [4.78, 5) is 20.9. The molecule has 238 valence electrons. The van der Waals surface area contributed by atoms with Gasteiger partial charge in [0.2, 0.25) is 0 Å². The number of fused-ring (bicyclic) bond motifs is 12. The summed E-state index contributed by atoms with van der Waals surface area (Å²) in [5, 5.41) is 7.61. The highest BCUT2D eigenvalue weighted by Gasteiger charge is 2.25. The Kier molecular flexibility index (Phi) is 6.22. The summed E-state index contributed by atoms with van der Waals surface area (Å²) in [5.41, 5.74) is 6.24. The number of pyridine rings is 1. The van der Waals surface area contributed by atoms with Crippen LogP contribution in [0.5, 0.6) is 0 Å². The van der Waals surface area contributed by atoms with Gasteiger partial charge in [0.05, 0.1) is 15.7 Å². The quantitative estimate of drug-likeness (QED) is 0.185. The molecular weight excluding hydrogens is 663 g/mol. The van der Waals surface area contributed by atoms with E-state index in [4.69, 9.17) is 19.9 Å². The summed E-state index contributed by atoms with van der Waals surface area (Å²) in [7, 11) is 0. The summed E-state index contributed by atoms with van der Waals surface area (Å²) in [6, 6.07) is 50.8. The van der Waals surface area contributed by atoms with Crippen molar-refractivity contribution in [1.82, 2.24) is 24.5 Å². The zero-order valence-electron chi connectivity index (χ0n) is 27.0. The Bertz CT molecular complexity index is 3080. The van der Waals surface area contributed by atoms with E-state index in [1.807, 2.05) is 78.2 Å². The minimum atomic E-state index is 0.633. The predicted molar refractivity (Wildman–Crippen MR) is 214 cm³/mol. The molecule has 0 aliphatic rings. The first-order valence-corrected chi connectivity index (χ1v) is 18.4. The smallest absolute Gasteiger partial charge is 0.164 e. The van der Waals surface area contributed by atoms with Crippen LogP contribution < -0.4 is 0 Å². The molecule has 0 unspecified atom stereocenters. The van der Waals surface area contributed by atoms with Gasteiger partial charge in [-0.15, -0.1) is 22.7 Å². The van der Waals surface area contributed by atoms with Crippen molar-refractivity contribution in [2.75, 3.05) is 0 Å². The maximum absolute atomic E-state index is 5.05. The molecule has 5 aromatic heterocycles. The normalized spacial score (nSPS) is 11.9. The first-order chi connectivity index (χ1) is 25.3. The van der Waals surface area contributed by atoms with Crippen molar-refractivity contribution in [3.8, 4) is 39.9 Å². The maximum atomic E-state index is 5.05. The van der Waals surface area contributed by atoms with E-state index < -0.39 is 0 Å². The minimum absolute atomic E-state index is 0.633. The van der Waals surface area contributed by atoms with Crippen LogP contribution >= 0.6 is 22.7 Å². The highest BCUT2D eigenvalue weighted by molar-refractivity contribution is 7.29. The van der Waals surface area contributed by atoms with Gasteiger partial charge in [0.25, 0.3) is 0 Å². The molecule has 0 radical (unpaired) electrons. The molecule has 5 heterocycles. The molecule has 0 aliphatic heterocycles. The topological polar surface area (TPSA) is 56.5 Å². The maximum Gasteiger partial charge on any atom is 0.164 e. The van der Waals surface area contributed by atoms with Gasteiger partial charge in [-0.3, -0.25) is 0 Å². The second-order valence-corrected chi connectivity index (χ2v) is 14.7. The molecule has 11 aromatic rings. The van der Waals surface area contributed by atoms with Gasteiger partial charge in [-0.05, 0) is 36.4 Å².